The van der Waals surface area contributed by atoms with Gasteiger partial charge in [-0.2, -0.15) is 11.8 Å². The average Bonchev–Trinajstić information content (AvgIpc) is 2.24. The van der Waals surface area contributed by atoms with Crippen LogP contribution in [0.1, 0.15) is 39.5 Å². The van der Waals surface area contributed by atoms with Crippen molar-refractivity contribution in [3.8, 4) is 0 Å². The fourth-order valence-corrected chi connectivity index (χ4v) is 3.63. The molecule has 1 saturated carbocycles. The summed E-state index contributed by atoms with van der Waals surface area (Å²) in [6, 6.07) is 0. The first-order chi connectivity index (χ1) is 7.63. The minimum absolute atomic E-state index is 0.471. The molecule has 1 aliphatic carbocycles. The van der Waals surface area contributed by atoms with Crippen LogP contribution >= 0.6 is 11.8 Å². The molecule has 0 amide bonds. The molecule has 1 N–H and O–H groups in total. The predicted molar refractivity (Wildman–Crippen MR) is 66.9 cm³/mol. The standard InChI is InChI=1S/C12H22O3S/c1-3-15-11(12(13)14)8-16-10-6-4-5-9(2)7-10/h9-11H,3-8H2,1-2H3,(H,13,14). The Morgan fingerprint density at radius 1 is 1.56 bits per heavy atom. The van der Waals surface area contributed by atoms with Crippen molar-refractivity contribution in [2.75, 3.05) is 12.4 Å². The summed E-state index contributed by atoms with van der Waals surface area (Å²) in [6.45, 7) is 4.59. The van der Waals surface area contributed by atoms with Gasteiger partial charge < -0.3 is 9.84 Å². The average molecular weight is 246 g/mol. The maximum Gasteiger partial charge on any atom is 0.333 e. The Morgan fingerprint density at radius 2 is 2.31 bits per heavy atom. The molecule has 3 unspecified atom stereocenters. The molecule has 0 radical (unpaired) electrons. The Labute approximate surface area is 102 Å². The van der Waals surface area contributed by atoms with E-state index in [1.807, 2.05) is 6.92 Å². The maximum atomic E-state index is 10.9. The topological polar surface area (TPSA) is 46.5 Å². The van der Waals surface area contributed by atoms with Crippen molar-refractivity contribution in [1.29, 1.82) is 0 Å². The fourth-order valence-electron chi connectivity index (χ4n) is 2.15. The zero-order valence-electron chi connectivity index (χ0n) is 10.1. The molecule has 0 aromatic heterocycles. The molecule has 4 heteroatoms. The minimum Gasteiger partial charge on any atom is -0.479 e. The van der Waals surface area contributed by atoms with E-state index in [1.165, 1.54) is 25.7 Å². The van der Waals surface area contributed by atoms with Crippen LogP contribution in [0.2, 0.25) is 0 Å². The molecule has 0 spiro atoms. The fraction of sp³-hybridized carbons (Fsp3) is 0.917. The largest absolute Gasteiger partial charge is 0.479 e. The normalized spacial score (nSPS) is 27.6. The number of hydrogen-bond acceptors (Lipinski definition) is 3. The lowest BCUT2D eigenvalue weighted by molar-refractivity contribution is -0.148. The van der Waals surface area contributed by atoms with Gasteiger partial charge in [-0.15, -0.1) is 0 Å². The third-order valence-electron chi connectivity index (χ3n) is 3.01. The van der Waals surface area contributed by atoms with Gasteiger partial charge in [0.2, 0.25) is 0 Å². The molecule has 0 aromatic carbocycles. The van der Waals surface area contributed by atoms with Gasteiger partial charge >= 0.3 is 5.97 Å². The molecule has 0 bridgehead atoms. The Balaban J connectivity index is 2.28. The molecule has 94 valence electrons. The molecule has 1 fully saturated rings. The van der Waals surface area contributed by atoms with Gasteiger partial charge in [0.25, 0.3) is 0 Å². The lowest BCUT2D eigenvalue weighted by Crippen LogP contribution is -2.28. The second-order valence-corrected chi connectivity index (χ2v) is 5.84. The molecule has 0 aromatic rings. The molecule has 3 atom stereocenters. The van der Waals surface area contributed by atoms with Gasteiger partial charge in [-0.1, -0.05) is 19.8 Å². The number of ether oxygens (including phenoxy) is 1. The molecule has 0 aliphatic heterocycles. The molecule has 3 nitrogen and oxygen atoms in total. The predicted octanol–water partition coefficient (Wildman–Crippen LogP) is 2.79. The zero-order valence-corrected chi connectivity index (χ0v) is 11.0. The van der Waals surface area contributed by atoms with Crippen LogP contribution in [0.15, 0.2) is 0 Å². The number of rotatable bonds is 6. The molecule has 0 heterocycles. The van der Waals surface area contributed by atoms with E-state index < -0.39 is 12.1 Å². The Hall–Kier alpha value is -0.220. The highest BCUT2D eigenvalue weighted by Crippen LogP contribution is 2.32. The van der Waals surface area contributed by atoms with Crippen molar-refractivity contribution in [2.45, 2.75) is 50.9 Å². The second-order valence-electron chi connectivity index (χ2n) is 4.51. The van der Waals surface area contributed by atoms with E-state index in [2.05, 4.69) is 6.92 Å². The van der Waals surface area contributed by atoms with Crippen LogP contribution in [0.4, 0.5) is 0 Å². The SMILES string of the molecule is CCOC(CSC1CCCC(C)C1)C(=O)O. The summed E-state index contributed by atoms with van der Waals surface area (Å²) in [5, 5.41) is 9.58. The Morgan fingerprint density at radius 3 is 2.88 bits per heavy atom. The third kappa shape index (κ3) is 4.74. The van der Waals surface area contributed by atoms with Gasteiger partial charge in [0.05, 0.1) is 0 Å². The molecular weight excluding hydrogens is 224 g/mol. The van der Waals surface area contributed by atoms with Crippen LogP contribution < -0.4 is 0 Å². The summed E-state index contributed by atoms with van der Waals surface area (Å²) in [7, 11) is 0. The van der Waals surface area contributed by atoms with E-state index >= 15 is 0 Å². The first-order valence-electron chi connectivity index (χ1n) is 6.09. The van der Waals surface area contributed by atoms with E-state index in [0.29, 0.717) is 17.6 Å². The summed E-state index contributed by atoms with van der Waals surface area (Å²) < 4.78 is 5.20. The summed E-state index contributed by atoms with van der Waals surface area (Å²) in [6.07, 6.45) is 4.43. The van der Waals surface area contributed by atoms with Gasteiger partial charge in [-0.25, -0.2) is 4.79 Å². The van der Waals surface area contributed by atoms with Crippen LogP contribution in [0.5, 0.6) is 0 Å². The van der Waals surface area contributed by atoms with E-state index in [1.54, 1.807) is 11.8 Å². The number of aliphatic carboxylic acids is 1. The lowest BCUT2D eigenvalue weighted by atomic mass is 9.91. The summed E-state index contributed by atoms with van der Waals surface area (Å²) >= 11 is 1.77. The van der Waals surface area contributed by atoms with Crippen molar-refractivity contribution < 1.29 is 14.6 Å². The molecule has 16 heavy (non-hydrogen) atoms. The highest BCUT2D eigenvalue weighted by molar-refractivity contribution is 7.99. The Kier molecular flexibility index (Phi) is 6.21. The number of hydrogen-bond donors (Lipinski definition) is 1. The first kappa shape index (κ1) is 13.8. The monoisotopic (exact) mass is 246 g/mol. The number of carboxylic acids is 1. The van der Waals surface area contributed by atoms with Crippen molar-refractivity contribution in [3.05, 3.63) is 0 Å². The van der Waals surface area contributed by atoms with Crippen LogP contribution in [0.25, 0.3) is 0 Å². The number of carbonyl (C=O) groups is 1. The summed E-state index contributed by atoms with van der Waals surface area (Å²) in [5.74, 6) is 0.542. The molecular formula is C12H22O3S. The van der Waals surface area contributed by atoms with Gasteiger partial charge in [0, 0.05) is 17.6 Å². The van der Waals surface area contributed by atoms with Gasteiger partial charge in [0.1, 0.15) is 0 Å². The summed E-state index contributed by atoms with van der Waals surface area (Å²) in [5.41, 5.74) is 0. The van der Waals surface area contributed by atoms with Crippen molar-refractivity contribution >= 4 is 17.7 Å². The Bertz CT molecular complexity index is 220. The van der Waals surface area contributed by atoms with Gasteiger partial charge in [-0.05, 0) is 25.7 Å². The second kappa shape index (κ2) is 7.17. The lowest BCUT2D eigenvalue weighted by Gasteiger charge is -2.27. The highest BCUT2D eigenvalue weighted by Gasteiger charge is 2.23. The highest BCUT2D eigenvalue weighted by atomic mass is 32.2. The quantitative estimate of drug-likeness (QED) is 0.783. The van der Waals surface area contributed by atoms with Crippen LogP contribution in [0, 0.1) is 5.92 Å². The first-order valence-corrected chi connectivity index (χ1v) is 7.14. The van der Waals surface area contributed by atoms with Crippen molar-refractivity contribution in [2.24, 2.45) is 5.92 Å². The van der Waals surface area contributed by atoms with E-state index in [0.717, 1.165) is 5.92 Å². The van der Waals surface area contributed by atoms with E-state index in [4.69, 9.17) is 9.84 Å². The van der Waals surface area contributed by atoms with Crippen molar-refractivity contribution in [1.82, 2.24) is 0 Å². The molecule has 0 saturated heterocycles. The maximum absolute atomic E-state index is 10.9. The van der Waals surface area contributed by atoms with Crippen LogP contribution in [-0.2, 0) is 9.53 Å². The summed E-state index contributed by atoms with van der Waals surface area (Å²) in [4.78, 5) is 10.9. The number of thioether (sulfide) groups is 1. The molecule has 1 rings (SSSR count). The smallest absolute Gasteiger partial charge is 0.333 e. The van der Waals surface area contributed by atoms with Crippen LogP contribution in [-0.4, -0.2) is 34.8 Å². The van der Waals surface area contributed by atoms with E-state index in [-0.39, 0.29) is 0 Å². The molecule has 1 aliphatic rings. The van der Waals surface area contributed by atoms with Crippen LogP contribution in [0.3, 0.4) is 0 Å². The minimum atomic E-state index is -0.835. The zero-order chi connectivity index (χ0) is 12.0. The van der Waals surface area contributed by atoms with Gasteiger partial charge in [0.15, 0.2) is 6.10 Å². The van der Waals surface area contributed by atoms with E-state index in [9.17, 15) is 4.79 Å². The third-order valence-corrected chi connectivity index (χ3v) is 4.41. The van der Waals surface area contributed by atoms with Gasteiger partial charge in [-0.3, -0.25) is 0 Å². The number of carboxylic acid groups (broad SMARTS) is 1. The van der Waals surface area contributed by atoms with Crippen molar-refractivity contribution in [3.63, 3.8) is 0 Å².